The van der Waals surface area contributed by atoms with Crippen LogP contribution in [0.25, 0.3) is 0 Å². The van der Waals surface area contributed by atoms with Gasteiger partial charge in [-0.05, 0) is 13.3 Å². The van der Waals surface area contributed by atoms with E-state index in [0.717, 1.165) is 6.42 Å². The summed E-state index contributed by atoms with van der Waals surface area (Å²) in [5, 5.41) is 23.0. The minimum absolute atomic E-state index is 0.0948. The summed E-state index contributed by atoms with van der Waals surface area (Å²) >= 11 is 0. The van der Waals surface area contributed by atoms with Crippen molar-refractivity contribution in [3.63, 3.8) is 0 Å². The van der Waals surface area contributed by atoms with E-state index < -0.39 is 6.10 Å². The molecule has 5 nitrogen and oxygen atoms in total. The van der Waals surface area contributed by atoms with Crippen molar-refractivity contribution in [2.24, 2.45) is 0 Å². The third-order valence-electron chi connectivity index (χ3n) is 1.97. The summed E-state index contributed by atoms with van der Waals surface area (Å²) in [6.07, 6.45) is 0.0922. The average molecular weight is 204 g/mol. The van der Waals surface area contributed by atoms with E-state index in [0.29, 0.717) is 6.04 Å². The van der Waals surface area contributed by atoms with Crippen LogP contribution in [0.15, 0.2) is 0 Å². The first-order chi connectivity index (χ1) is 6.60. The number of amides is 1. The van der Waals surface area contributed by atoms with Crippen LogP contribution in [0, 0.1) is 0 Å². The van der Waals surface area contributed by atoms with Crippen molar-refractivity contribution in [2.75, 3.05) is 19.7 Å². The topological polar surface area (TPSA) is 81.6 Å². The zero-order chi connectivity index (χ0) is 11.0. The van der Waals surface area contributed by atoms with Gasteiger partial charge in [0.25, 0.3) is 0 Å². The number of nitrogens with one attached hydrogen (secondary N) is 2. The molecule has 0 aliphatic carbocycles. The summed E-state index contributed by atoms with van der Waals surface area (Å²) in [4.78, 5) is 11.1. The predicted molar refractivity (Wildman–Crippen MR) is 53.9 cm³/mol. The molecular formula is C9H20N2O3. The van der Waals surface area contributed by atoms with E-state index >= 15 is 0 Å². The van der Waals surface area contributed by atoms with Gasteiger partial charge in [-0.25, -0.2) is 0 Å². The van der Waals surface area contributed by atoms with Gasteiger partial charge < -0.3 is 20.8 Å². The summed E-state index contributed by atoms with van der Waals surface area (Å²) in [7, 11) is 0. The highest BCUT2D eigenvalue weighted by molar-refractivity contribution is 5.78. The second-order valence-electron chi connectivity index (χ2n) is 3.33. The Morgan fingerprint density at radius 3 is 2.64 bits per heavy atom. The highest BCUT2D eigenvalue weighted by Gasteiger charge is 2.06. The molecule has 0 rings (SSSR count). The summed E-state index contributed by atoms with van der Waals surface area (Å²) < 4.78 is 0. The fraction of sp³-hybridized carbons (Fsp3) is 0.889. The van der Waals surface area contributed by atoms with Gasteiger partial charge in [-0.15, -0.1) is 0 Å². The van der Waals surface area contributed by atoms with Crippen LogP contribution in [0.1, 0.15) is 20.3 Å². The number of rotatable bonds is 7. The highest BCUT2D eigenvalue weighted by atomic mass is 16.3. The van der Waals surface area contributed by atoms with Crippen LogP contribution >= 0.6 is 0 Å². The molecular weight excluding hydrogens is 184 g/mol. The van der Waals surface area contributed by atoms with Crippen molar-refractivity contribution >= 4 is 5.91 Å². The van der Waals surface area contributed by atoms with Crippen LogP contribution in [-0.2, 0) is 4.79 Å². The monoisotopic (exact) mass is 204 g/mol. The molecule has 0 bridgehead atoms. The number of hydrogen-bond acceptors (Lipinski definition) is 4. The number of aliphatic hydroxyl groups excluding tert-OH is 2. The van der Waals surface area contributed by atoms with Gasteiger partial charge in [0.05, 0.1) is 19.3 Å². The minimum Gasteiger partial charge on any atom is -0.394 e. The van der Waals surface area contributed by atoms with Gasteiger partial charge in [0.15, 0.2) is 0 Å². The van der Waals surface area contributed by atoms with Crippen molar-refractivity contribution < 1.29 is 15.0 Å². The number of hydrogen-bond donors (Lipinski definition) is 4. The zero-order valence-electron chi connectivity index (χ0n) is 8.79. The zero-order valence-corrected chi connectivity index (χ0v) is 8.79. The van der Waals surface area contributed by atoms with E-state index in [4.69, 9.17) is 10.2 Å². The maximum atomic E-state index is 11.1. The first-order valence-electron chi connectivity index (χ1n) is 4.89. The van der Waals surface area contributed by atoms with Crippen LogP contribution in [0.3, 0.4) is 0 Å². The molecule has 2 atom stereocenters. The number of carbonyl (C=O) groups excluding carboxylic acids is 1. The van der Waals surface area contributed by atoms with Crippen molar-refractivity contribution in [3.8, 4) is 0 Å². The largest absolute Gasteiger partial charge is 0.394 e. The Balaban J connectivity index is 3.46. The summed E-state index contributed by atoms with van der Waals surface area (Å²) in [6.45, 7) is 4.03. The molecule has 0 heterocycles. The summed E-state index contributed by atoms with van der Waals surface area (Å²) in [5.41, 5.74) is 0. The molecule has 5 heteroatoms. The van der Waals surface area contributed by atoms with Crippen molar-refractivity contribution in [2.45, 2.75) is 32.4 Å². The van der Waals surface area contributed by atoms with Crippen LogP contribution < -0.4 is 10.6 Å². The van der Waals surface area contributed by atoms with Gasteiger partial charge in [-0.3, -0.25) is 4.79 Å². The second-order valence-corrected chi connectivity index (χ2v) is 3.33. The minimum atomic E-state index is -0.873. The number of carbonyl (C=O) groups is 1. The molecule has 0 spiro atoms. The first kappa shape index (κ1) is 13.4. The highest BCUT2D eigenvalue weighted by Crippen LogP contribution is 1.85. The van der Waals surface area contributed by atoms with Gasteiger partial charge in [-0.2, -0.15) is 0 Å². The third-order valence-corrected chi connectivity index (χ3v) is 1.97. The van der Waals surface area contributed by atoms with Gasteiger partial charge in [0, 0.05) is 12.6 Å². The Bertz CT molecular complexity index is 148. The van der Waals surface area contributed by atoms with E-state index in [9.17, 15) is 4.79 Å². The van der Waals surface area contributed by atoms with Gasteiger partial charge in [-0.1, -0.05) is 6.92 Å². The van der Waals surface area contributed by atoms with E-state index in [1.165, 1.54) is 0 Å². The van der Waals surface area contributed by atoms with Gasteiger partial charge >= 0.3 is 0 Å². The molecule has 0 aromatic carbocycles. The smallest absolute Gasteiger partial charge is 0.234 e. The van der Waals surface area contributed by atoms with E-state index in [-0.39, 0.29) is 25.6 Å². The molecule has 84 valence electrons. The van der Waals surface area contributed by atoms with Crippen molar-refractivity contribution in [1.82, 2.24) is 10.6 Å². The Morgan fingerprint density at radius 2 is 2.14 bits per heavy atom. The number of aliphatic hydroxyl groups is 2. The molecule has 14 heavy (non-hydrogen) atoms. The molecule has 4 N–H and O–H groups in total. The molecule has 0 aliphatic rings. The molecule has 0 radical (unpaired) electrons. The second kappa shape index (κ2) is 7.73. The molecule has 0 aliphatic heterocycles. The summed E-state index contributed by atoms with van der Waals surface area (Å²) in [6, 6.07) is 0.309. The average Bonchev–Trinajstić information content (AvgIpc) is 2.22. The Kier molecular flexibility index (Phi) is 7.37. The maximum absolute atomic E-state index is 11.1. The molecule has 0 saturated carbocycles. The lowest BCUT2D eigenvalue weighted by Crippen LogP contribution is -2.41. The van der Waals surface area contributed by atoms with E-state index in [2.05, 4.69) is 10.6 Å². The molecule has 1 amide bonds. The van der Waals surface area contributed by atoms with Crippen molar-refractivity contribution in [3.05, 3.63) is 0 Å². The Labute approximate surface area is 84.5 Å². The summed E-state index contributed by atoms with van der Waals surface area (Å²) in [5.74, 6) is -0.169. The van der Waals surface area contributed by atoms with E-state index in [1.54, 1.807) is 0 Å². The quantitative estimate of drug-likeness (QED) is 0.422. The molecule has 0 aromatic rings. The van der Waals surface area contributed by atoms with Crippen LogP contribution in [0.5, 0.6) is 0 Å². The van der Waals surface area contributed by atoms with Crippen LogP contribution in [0.4, 0.5) is 0 Å². The first-order valence-corrected chi connectivity index (χ1v) is 4.89. The fourth-order valence-corrected chi connectivity index (χ4v) is 0.770. The molecule has 2 unspecified atom stereocenters. The molecule has 0 saturated heterocycles. The maximum Gasteiger partial charge on any atom is 0.234 e. The van der Waals surface area contributed by atoms with Crippen molar-refractivity contribution in [1.29, 1.82) is 0 Å². The predicted octanol–water partition coefficient (Wildman–Crippen LogP) is -1.16. The third kappa shape index (κ3) is 6.82. The molecule has 0 fully saturated rings. The van der Waals surface area contributed by atoms with Gasteiger partial charge in [0.2, 0.25) is 5.91 Å². The SMILES string of the molecule is CCC(C)NCC(=O)NCC(O)CO. The van der Waals surface area contributed by atoms with Crippen LogP contribution in [-0.4, -0.2) is 48.0 Å². The lowest BCUT2D eigenvalue weighted by atomic mass is 10.2. The lowest BCUT2D eigenvalue weighted by Gasteiger charge is -2.12. The normalized spacial score (nSPS) is 14.9. The molecule has 0 aromatic heterocycles. The Morgan fingerprint density at radius 1 is 1.50 bits per heavy atom. The van der Waals surface area contributed by atoms with Gasteiger partial charge in [0.1, 0.15) is 0 Å². The van der Waals surface area contributed by atoms with E-state index in [1.807, 2.05) is 13.8 Å². The standard InChI is InChI=1S/C9H20N2O3/c1-3-7(2)10-5-9(14)11-4-8(13)6-12/h7-8,10,12-13H,3-6H2,1-2H3,(H,11,14). The fourth-order valence-electron chi connectivity index (χ4n) is 0.770. The lowest BCUT2D eigenvalue weighted by molar-refractivity contribution is -0.120. The van der Waals surface area contributed by atoms with Crippen LogP contribution in [0.2, 0.25) is 0 Å². The Hall–Kier alpha value is -0.650.